The Hall–Kier alpha value is -2.19. The van der Waals surface area contributed by atoms with Gasteiger partial charge in [-0.1, -0.05) is 43.9 Å². The van der Waals surface area contributed by atoms with Crippen LogP contribution in [0.3, 0.4) is 0 Å². The first-order chi connectivity index (χ1) is 13.0. The second kappa shape index (κ2) is 8.22. The predicted molar refractivity (Wildman–Crippen MR) is 115 cm³/mol. The van der Waals surface area contributed by atoms with Crippen LogP contribution in [-0.2, 0) is 4.79 Å². The van der Waals surface area contributed by atoms with Crippen LogP contribution in [0.25, 0.3) is 11.7 Å². The van der Waals surface area contributed by atoms with Gasteiger partial charge in [0, 0.05) is 26.3 Å². The molecule has 1 aliphatic heterocycles. The molecule has 0 radical (unpaired) electrons. The van der Waals surface area contributed by atoms with Crippen LogP contribution in [-0.4, -0.2) is 44.6 Å². The Morgan fingerprint density at radius 3 is 2.52 bits per heavy atom. The minimum absolute atomic E-state index is 0.186. The number of carbonyl (C=O) groups is 1. The number of thioether (sulfide) groups is 1. The monoisotopic (exact) mass is 402 g/mol. The van der Waals surface area contributed by atoms with Gasteiger partial charge in [-0.25, -0.2) is 4.98 Å². The van der Waals surface area contributed by atoms with Crippen molar-refractivity contribution < 1.29 is 4.79 Å². The van der Waals surface area contributed by atoms with Crippen LogP contribution in [0.1, 0.15) is 32.3 Å². The largest absolute Gasteiger partial charge is 0.356 e. The highest BCUT2D eigenvalue weighted by molar-refractivity contribution is 8.26. The Labute approximate surface area is 167 Å². The molecular formula is C19H22N4O2S2. The summed E-state index contributed by atoms with van der Waals surface area (Å²) < 4.78 is 2.00. The van der Waals surface area contributed by atoms with Gasteiger partial charge in [-0.15, -0.1) is 0 Å². The van der Waals surface area contributed by atoms with Crippen LogP contribution in [0.4, 0.5) is 5.82 Å². The third-order valence-corrected chi connectivity index (χ3v) is 5.78. The van der Waals surface area contributed by atoms with E-state index in [4.69, 9.17) is 17.2 Å². The highest BCUT2D eigenvalue weighted by atomic mass is 32.2. The van der Waals surface area contributed by atoms with Crippen molar-refractivity contribution in [3.63, 3.8) is 0 Å². The van der Waals surface area contributed by atoms with E-state index in [1.165, 1.54) is 21.1 Å². The molecule has 1 saturated heterocycles. The van der Waals surface area contributed by atoms with Crippen LogP contribution >= 0.6 is 24.0 Å². The van der Waals surface area contributed by atoms with Gasteiger partial charge in [-0.2, -0.15) is 0 Å². The molecule has 1 aliphatic rings. The number of hydrogen-bond donors (Lipinski definition) is 0. The van der Waals surface area contributed by atoms with E-state index in [-0.39, 0.29) is 11.5 Å². The number of pyridine rings is 1. The lowest BCUT2D eigenvalue weighted by atomic mass is 10.2. The molecule has 0 spiro atoms. The fourth-order valence-electron chi connectivity index (χ4n) is 3.00. The predicted octanol–water partition coefficient (Wildman–Crippen LogP) is 3.15. The molecule has 2 aromatic rings. The fourth-order valence-corrected chi connectivity index (χ4v) is 4.16. The molecule has 6 nitrogen and oxygen atoms in total. The number of hydrogen-bond acceptors (Lipinski definition) is 6. The van der Waals surface area contributed by atoms with E-state index in [1.54, 1.807) is 25.4 Å². The van der Waals surface area contributed by atoms with Gasteiger partial charge < -0.3 is 4.90 Å². The van der Waals surface area contributed by atoms with E-state index in [1.807, 2.05) is 12.1 Å². The number of likely N-dealkylation sites (N-methyl/N-ethyl adjacent to an activating group) is 1. The first-order valence-electron chi connectivity index (χ1n) is 8.95. The normalized spacial score (nSPS) is 16.0. The summed E-state index contributed by atoms with van der Waals surface area (Å²) in [6.07, 6.45) is 5.21. The summed E-state index contributed by atoms with van der Waals surface area (Å²) in [4.78, 5) is 34.4. The minimum Gasteiger partial charge on any atom is -0.356 e. The number of fused-ring (bicyclic) bond motifs is 1. The average Bonchev–Trinajstić information content (AvgIpc) is 2.90. The highest BCUT2D eigenvalue weighted by Crippen LogP contribution is 2.32. The summed E-state index contributed by atoms with van der Waals surface area (Å²) in [7, 11) is 1.64. The smallest absolute Gasteiger partial charge is 0.267 e. The number of carbonyl (C=O) groups excluding carboxylic acids is 1. The van der Waals surface area contributed by atoms with Crippen molar-refractivity contribution in [1.29, 1.82) is 0 Å². The molecule has 0 atom stereocenters. The quantitative estimate of drug-likeness (QED) is 0.546. The molecule has 1 fully saturated rings. The fraction of sp³-hybridized carbons (Fsp3) is 0.368. The molecular weight excluding hydrogens is 380 g/mol. The molecule has 27 heavy (non-hydrogen) atoms. The van der Waals surface area contributed by atoms with Gasteiger partial charge in [0.25, 0.3) is 11.5 Å². The maximum absolute atomic E-state index is 13.2. The van der Waals surface area contributed by atoms with Crippen LogP contribution in [0.5, 0.6) is 0 Å². The van der Waals surface area contributed by atoms with E-state index < -0.39 is 0 Å². The van der Waals surface area contributed by atoms with Gasteiger partial charge in [-0.3, -0.25) is 18.9 Å². The SMILES string of the molecule is CCCN(CCC)c1nc2ccccn2c(=O)c1/C=C1/SC(=S)N(C)C1=O. The Morgan fingerprint density at radius 2 is 1.93 bits per heavy atom. The van der Waals surface area contributed by atoms with Gasteiger partial charge in [0.1, 0.15) is 15.8 Å². The Morgan fingerprint density at radius 1 is 1.22 bits per heavy atom. The Kier molecular flexibility index (Phi) is 5.96. The van der Waals surface area contributed by atoms with E-state index in [0.29, 0.717) is 26.3 Å². The van der Waals surface area contributed by atoms with Crippen molar-refractivity contribution >= 4 is 51.7 Å². The van der Waals surface area contributed by atoms with Crippen molar-refractivity contribution in [3.8, 4) is 0 Å². The van der Waals surface area contributed by atoms with Gasteiger partial charge in [-0.05, 0) is 31.1 Å². The van der Waals surface area contributed by atoms with E-state index >= 15 is 0 Å². The van der Waals surface area contributed by atoms with Crippen molar-refractivity contribution in [2.24, 2.45) is 0 Å². The zero-order chi connectivity index (χ0) is 19.6. The first-order valence-corrected chi connectivity index (χ1v) is 10.2. The third-order valence-electron chi connectivity index (χ3n) is 4.30. The van der Waals surface area contributed by atoms with Crippen LogP contribution in [0.15, 0.2) is 34.1 Å². The molecule has 0 saturated carbocycles. The van der Waals surface area contributed by atoms with Crippen LogP contribution in [0.2, 0.25) is 0 Å². The van der Waals surface area contributed by atoms with Crippen molar-refractivity contribution in [3.05, 3.63) is 45.2 Å². The summed E-state index contributed by atoms with van der Waals surface area (Å²) in [5.41, 5.74) is 0.832. The molecule has 0 aromatic carbocycles. The number of anilines is 1. The standard InChI is InChI=1S/C19H22N4O2S2/c1-4-9-22(10-5-2)16-13(12-14-18(25)21(3)19(26)27-14)17(24)23-11-7-6-8-15(23)20-16/h6-8,11-12H,4-5,9-10H2,1-3H3/b14-12+. The molecule has 1 amide bonds. The van der Waals surface area contributed by atoms with Gasteiger partial charge in [0.2, 0.25) is 0 Å². The Balaban J connectivity index is 2.24. The second-order valence-electron chi connectivity index (χ2n) is 6.31. The zero-order valence-electron chi connectivity index (χ0n) is 15.6. The topological polar surface area (TPSA) is 57.9 Å². The maximum atomic E-state index is 13.2. The first kappa shape index (κ1) is 19.6. The summed E-state index contributed by atoms with van der Waals surface area (Å²) >= 11 is 6.42. The molecule has 3 heterocycles. The van der Waals surface area contributed by atoms with E-state index in [2.05, 4.69) is 18.7 Å². The number of rotatable bonds is 6. The summed E-state index contributed by atoms with van der Waals surface area (Å²) in [5, 5.41) is 0. The number of nitrogens with zero attached hydrogens (tertiary/aromatic N) is 4. The number of thiocarbonyl (C=S) groups is 1. The molecule has 8 heteroatoms. The van der Waals surface area contributed by atoms with Crippen LogP contribution in [0, 0.1) is 0 Å². The molecule has 0 unspecified atom stereocenters. The molecule has 142 valence electrons. The second-order valence-corrected chi connectivity index (χ2v) is 7.99. The summed E-state index contributed by atoms with van der Waals surface area (Å²) in [5.74, 6) is 0.433. The lowest BCUT2D eigenvalue weighted by Gasteiger charge is -2.24. The minimum atomic E-state index is -0.189. The van der Waals surface area contributed by atoms with Crippen LogP contribution < -0.4 is 10.5 Å². The zero-order valence-corrected chi connectivity index (χ0v) is 17.3. The molecule has 0 aliphatic carbocycles. The number of aromatic nitrogens is 2. The molecule has 0 N–H and O–H groups in total. The summed E-state index contributed by atoms with van der Waals surface area (Å²) in [6.45, 7) is 5.77. The van der Waals surface area contributed by atoms with E-state index in [9.17, 15) is 9.59 Å². The number of amides is 1. The van der Waals surface area contributed by atoms with Gasteiger partial charge in [0.15, 0.2) is 0 Å². The lowest BCUT2D eigenvalue weighted by Crippen LogP contribution is -2.31. The van der Waals surface area contributed by atoms with Gasteiger partial charge in [0.05, 0.1) is 10.5 Å². The van der Waals surface area contributed by atoms with E-state index in [0.717, 1.165) is 25.9 Å². The van der Waals surface area contributed by atoms with Crippen molar-refractivity contribution in [1.82, 2.24) is 14.3 Å². The molecule has 2 aromatic heterocycles. The molecule has 3 rings (SSSR count). The molecule has 0 bridgehead atoms. The summed E-state index contributed by atoms with van der Waals surface area (Å²) in [6, 6.07) is 5.47. The maximum Gasteiger partial charge on any atom is 0.267 e. The average molecular weight is 403 g/mol. The lowest BCUT2D eigenvalue weighted by molar-refractivity contribution is -0.121. The highest BCUT2D eigenvalue weighted by Gasteiger charge is 2.30. The Bertz CT molecular complexity index is 977. The van der Waals surface area contributed by atoms with Crippen molar-refractivity contribution in [2.75, 3.05) is 25.0 Å². The van der Waals surface area contributed by atoms with Gasteiger partial charge >= 0.3 is 0 Å². The third kappa shape index (κ3) is 3.77. The van der Waals surface area contributed by atoms with Crippen molar-refractivity contribution in [2.45, 2.75) is 26.7 Å².